The molecule has 0 atom stereocenters. The third-order valence-electron chi connectivity index (χ3n) is 4.98. The summed E-state index contributed by atoms with van der Waals surface area (Å²) in [7, 11) is 0.209. The van der Waals surface area contributed by atoms with E-state index < -0.39 is 28.4 Å². The standard InChI is InChI=1S/C22H24N2O7S/c1-5-17-21(14-6-8-15(29-2)9-7-14)32(27,28)24(22(17)26)13-20(25)23-18-11-10-16(30-3)12-19(18)31-4/h6-12H,5,13H2,1-4H3,(H,23,25). The fourth-order valence-corrected chi connectivity index (χ4v) is 5.19. The summed E-state index contributed by atoms with van der Waals surface area (Å²) in [6.07, 6.45) is 0.198. The van der Waals surface area contributed by atoms with Crippen molar-refractivity contribution in [1.82, 2.24) is 4.31 Å². The van der Waals surface area contributed by atoms with Crippen LogP contribution in [-0.4, -0.2) is 52.4 Å². The van der Waals surface area contributed by atoms with Gasteiger partial charge in [0.05, 0.1) is 27.0 Å². The molecule has 0 unspecified atom stereocenters. The largest absolute Gasteiger partial charge is 0.497 e. The Balaban J connectivity index is 1.86. The molecule has 3 rings (SSSR count). The zero-order valence-electron chi connectivity index (χ0n) is 18.2. The number of carbonyl (C=O) groups is 2. The SMILES string of the molecule is CCC1=C(c2ccc(OC)cc2)S(=O)(=O)N(CC(=O)Nc2ccc(OC)cc2OC)C1=O. The first-order valence-electron chi connectivity index (χ1n) is 9.73. The highest BCUT2D eigenvalue weighted by atomic mass is 32.2. The van der Waals surface area contributed by atoms with Crippen LogP contribution in [0.1, 0.15) is 18.9 Å². The first-order chi connectivity index (χ1) is 15.3. The topological polar surface area (TPSA) is 111 Å². The van der Waals surface area contributed by atoms with Crippen LogP contribution in [0.4, 0.5) is 5.69 Å². The maximum Gasteiger partial charge on any atom is 0.268 e. The molecule has 1 heterocycles. The molecule has 2 amide bonds. The molecule has 0 spiro atoms. The number of sulfonamides is 1. The molecule has 1 aliphatic rings. The van der Waals surface area contributed by atoms with Gasteiger partial charge in [-0.2, -0.15) is 0 Å². The number of benzene rings is 2. The zero-order valence-corrected chi connectivity index (χ0v) is 19.0. The molecule has 0 saturated heterocycles. The van der Waals surface area contributed by atoms with Gasteiger partial charge in [0.15, 0.2) is 0 Å². The first kappa shape index (κ1) is 23.1. The molecule has 2 aromatic rings. The Morgan fingerprint density at radius 1 is 0.969 bits per heavy atom. The molecule has 0 fully saturated rings. The van der Waals surface area contributed by atoms with Crippen LogP contribution in [0.15, 0.2) is 48.0 Å². The number of anilines is 1. The number of hydrogen-bond donors (Lipinski definition) is 1. The number of carbonyl (C=O) groups excluding carboxylic acids is 2. The van der Waals surface area contributed by atoms with E-state index in [4.69, 9.17) is 14.2 Å². The van der Waals surface area contributed by atoms with Gasteiger partial charge in [0.2, 0.25) is 5.91 Å². The van der Waals surface area contributed by atoms with Gasteiger partial charge in [0.25, 0.3) is 15.9 Å². The van der Waals surface area contributed by atoms with E-state index >= 15 is 0 Å². The van der Waals surface area contributed by atoms with E-state index in [1.165, 1.54) is 21.3 Å². The summed E-state index contributed by atoms with van der Waals surface area (Å²) >= 11 is 0. The molecule has 0 aromatic heterocycles. The number of amides is 2. The minimum Gasteiger partial charge on any atom is -0.497 e. The normalized spacial score (nSPS) is 15.0. The summed E-state index contributed by atoms with van der Waals surface area (Å²) in [6.45, 7) is 1.03. The van der Waals surface area contributed by atoms with Crippen LogP contribution in [0.2, 0.25) is 0 Å². The Kier molecular flexibility index (Phi) is 6.73. The number of nitrogens with zero attached hydrogens (tertiary/aromatic N) is 1. The van der Waals surface area contributed by atoms with Crippen molar-refractivity contribution in [2.75, 3.05) is 33.2 Å². The maximum absolute atomic E-state index is 13.2. The van der Waals surface area contributed by atoms with E-state index in [-0.39, 0.29) is 16.9 Å². The predicted molar refractivity (Wildman–Crippen MR) is 119 cm³/mol. The monoisotopic (exact) mass is 460 g/mol. The van der Waals surface area contributed by atoms with E-state index in [0.717, 1.165) is 0 Å². The van der Waals surface area contributed by atoms with Gasteiger partial charge in [-0.05, 0) is 48.4 Å². The highest BCUT2D eigenvalue weighted by molar-refractivity contribution is 7.99. The van der Waals surface area contributed by atoms with Crippen molar-refractivity contribution < 1.29 is 32.2 Å². The summed E-state index contributed by atoms with van der Waals surface area (Å²) in [5.74, 6) is 0.0171. The van der Waals surface area contributed by atoms with Crippen molar-refractivity contribution in [3.63, 3.8) is 0 Å². The third kappa shape index (κ3) is 4.26. The molecular formula is C22H24N2O7S. The fourth-order valence-electron chi connectivity index (χ4n) is 3.38. The predicted octanol–water partition coefficient (Wildman–Crippen LogP) is 2.64. The van der Waals surface area contributed by atoms with Crippen LogP contribution in [-0.2, 0) is 19.6 Å². The summed E-state index contributed by atoms with van der Waals surface area (Å²) in [5, 5.41) is 2.59. The van der Waals surface area contributed by atoms with Gasteiger partial charge in [-0.25, -0.2) is 12.7 Å². The quantitative estimate of drug-likeness (QED) is 0.645. The Morgan fingerprint density at radius 3 is 2.16 bits per heavy atom. The Hall–Kier alpha value is -3.53. The van der Waals surface area contributed by atoms with Crippen LogP contribution >= 0.6 is 0 Å². The van der Waals surface area contributed by atoms with E-state index in [2.05, 4.69) is 5.32 Å². The molecule has 0 bridgehead atoms. The van der Waals surface area contributed by atoms with Crippen LogP contribution < -0.4 is 19.5 Å². The average Bonchev–Trinajstić information content (AvgIpc) is 2.98. The lowest BCUT2D eigenvalue weighted by molar-refractivity contribution is -0.126. The maximum atomic E-state index is 13.2. The van der Waals surface area contributed by atoms with Gasteiger partial charge < -0.3 is 19.5 Å². The lowest BCUT2D eigenvalue weighted by atomic mass is 10.1. The van der Waals surface area contributed by atoms with Gasteiger partial charge in [-0.1, -0.05) is 6.92 Å². The lowest BCUT2D eigenvalue weighted by Crippen LogP contribution is -2.38. The second-order valence-corrected chi connectivity index (χ2v) is 8.62. The van der Waals surface area contributed by atoms with Gasteiger partial charge >= 0.3 is 0 Å². The molecule has 2 aromatic carbocycles. The Bertz CT molecular complexity index is 1170. The Morgan fingerprint density at radius 2 is 1.59 bits per heavy atom. The molecular weight excluding hydrogens is 436 g/mol. The second-order valence-electron chi connectivity index (χ2n) is 6.82. The minimum absolute atomic E-state index is 0.0949. The number of hydrogen-bond acceptors (Lipinski definition) is 7. The molecule has 1 N–H and O–H groups in total. The summed E-state index contributed by atoms with van der Waals surface area (Å²) in [6, 6.07) is 11.1. The van der Waals surface area contributed by atoms with Crippen LogP contribution in [0.3, 0.4) is 0 Å². The first-order valence-corrected chi connectivity index (χ1v) is 11.2. The summed E-state index contributed by atoms with van der Waals surface area (Å²) < 4.78 is 42.5. The Labute approximate surface area is 186 Å². The van der Waals surface area contributed by atoms with E-state index in [9.17, 15) is 18.0 Å². The van der Waals surface area contributed by atoms with Crippen LogP contribution in [0, 0.1) is 0 Å². The lowest BCUT2D eigenvalue weighted by Gasteiger charge is -2.17. The summed E-state index contributed by atoms with van der Waals surface area (Å²) in [4.78, 5) is 25.5. The van der Waals surface area contributed by atoms with Crippen molar-refractivity contribution in [2.45, 2.75) is 13.3 Å². The van der Waals surface area contributed by atoms with E-state index in [1.54, 1.807) is 49.4 Å². The molecule has 32 heavy (non-hydrogen) atoms. The summed E-state index contributed by atoms with van der Waals surface area (Å²) in [5.41, 5.74) is 0.808. The average molecular weight is 461 g/mol. The van der Waals surface area contributed by atoms with Crippen LogP contribution in [0.25, 0.3) is 4.91 Å². The molecule has 0 radical (unpaired) electrons. The van der Waals surface area contributed by atoms with Gasteiger partial charge in [0.1, 0.15) is 28.7 Å². The van der Waals surface area contributed by atoms with Gasteiger partial charge in [0, 0.05) is 11.6 Å². The number of methoxy groups -OCH3 is 3. The van der Waals surface area contributed by atoms with Crippen molar-refractivity contribution in [3.05, 3.63) is 53.6 Å². The second kappa shape index (κ2) is 9.31. The van der Waals surface area contributed by atoms with Gasteiger partial charge in [-0.15, -0.1) is 0 Å². The highest BCUT2D eigenvalue weighted by Gasteiger charge is 2.44. The fraction of sp³-hybridized carbons (Fsp3) is 0.273. The molecule has 10 heteroatoms. The van der Waals surface area contributed by atoms with E-state index in [0.29, 0.717) is 32.8 Å². The van der Waals surface area contributed by atoms with Crippen molar-refractivity contribution in [1.29, 1.82) is 0 Å². The van der Waals surface area contributed by atoms with Crippen molar-refractivity contribution in [2.24, 2.45) is 0 Å². The number of ether oxygens (including phenoxy) is 3. The molecule has 1 aliphatic heterocycles. The third-order valence-corrected chi connectivity index (χ3v) is 6.86. The smallest absolute Gasteiger partial charge is 0.268 e. The molecule has 0 aliphatic carbocycles. The molecule has 0 saturated carbocycles. The van der Waals surface area contributed by atoms with E-state index in [1.807, 2.05) is 0 Å². The van der Waals surface area contributed by atoms with Crippen molar-refractivity contribution in [3.8, 4) is 17.2 Å². The number of nitrogens with one attached hydrogen (secondary N) is 1. The molecule has 9 nitrogen and oxygen atoms in total. The highest BCUT2D eigenvalue weighted by Crippen LogP contribution is 2.37. The van der Waals surface area contributed by atoms with Gasteiger partial charge in [-0.3, -0.25) is 9.59 Å². The zero-order chi connectivity index (χ0) is 23.5. The number of rotatable bonds is 8. The van der Waals surface area contributed by atoms with Crippen LogP contribution in [0.5, 0.6) is 17.2 Å². The van der Waals surface area contributed by atoms with Crippen molar-refractivity contribution >= 4 is 32.4 Å². The minimum atomic E-state index is -4.21. The molecule has 170 valence electrons.